The summed E-state index contributed by atoms with van der Waals surface area (Å²) in [5.74, 6) is -1.28. The summed E-state index contributed by atoms with van der Waals surface area (Å²) >= 11 is 6.91. The Hall–Kier alpha value is -2.99. The molecule has 2 aromatic rings. The van der Waals surface area contributed by atoms with Gasteiger partial charge in [-0.3, -0.25) is 19.7 Å². The minimum Gasteiger partial charge on any atom is -0.449 e. The summed E-state index contributed by atoms with van der Waals surface area (Å²) in [6.45, 7) is 2.57. The van der Waals surface area contributed by atoms with E-state index in [1.807, 2.05) is 6.92 Å². The second-order valence-electron chi connectivity index (χ2n) is 9.80. The molecule has 0 aromatic heterocycles. The Bertz CT molecular complexity index is 1470. The zero-order chi connectivity index (χ0) is 28.9. The predicted molar refractivity (Wildman–Crippen MR) is 147 cm³/mol. The number of ether oxygens (including phenoxy) is 1. The number of carbonyl (C=O) groups is 2. The largest absolute Gasteiger partial charge is 0.449 e. The van der Waals surface area contributed by atoms with E-state index in [1.54, 1.807) is 12.1 Å². The standard InChI is InChI=1S/C28H23Br2F3N2O5/c1-2-34-18-5-3-7-21(36)25(18)24(26-19(34)6-4-8-22(26)37)16-12-15(29)13-17(30)27(16)40-23-10-9-14(28(31,32)33)11-20(23)35(38)39/h9-13,24H,2-8H2,1H3. The zero-order valence-electron chi connectivity index (χ0n) is 21.2. The Morgan fingerprint density at radius 1 is 1.00 bits per heavy atom. The molecule has 0 saturated heterocycles. The molecule has 0 unspecified atom stereocenters. The molecule has 40 heavy (non-hydrogen) atoms. The molecule has 2 aromatic carbocycles. The third-order valence-corrected chi connectivity index (χ3v) is 8.49. The van der Waals surface area contributed by atoms with Crippen molar-refractivity contribution in [3.05, 3.63) is 83.1 Å². The number of alkyl halides is 3. The lowest BCUT2D eigenvalue weighted by molar-refractivity contribution is -0.385. The monoisotopic (exact) mass is 682 g/mol. The summed E-state index contributed by atoms with van der Waals surface area (Å²) in [5.41, 5.74) is 1.09. The van der Waals surface area contributed by atoms with Gasteiger partial charge in [0.05, 0.1) is 15.0 Å². The Labute approximate surface area is 244 Å². The Kier molecular flexibility index (Phi) is 7.68. The van der Waals surface area contributed by atoms with Gasteiger partial charge in [-0.05, 0) is 72.8 Å². The van der Waals surface area contributed by atoms with Crippen LogP contribution in [0, 0.1) is 10.1 Å². The first-order chi connectivity index (χ1) is 18.9. The first-order valence-corrected chi connectivity index (χ1v) is 14.3. The Morgan fingerprint density at radius 2 is 1.60 bits per heavy atom. The molecule has 0 N–H and O–H groups in total. The number of benzene rings is 2. The molecule has 0 spiro atoms. The number of ketones is 2. The lowest BCUT2D eigenvalue weighted by Crippen LogP contribution is -2.39. The number of nitrogens with zero attached hydrogens (tertiary/aromatic N) is 2. The highest BCUT2D eigenvalue weighted by molar-refractivity contribution is 9.11. The van der Waals surface area contributed by atoms with Gasteiger partial charge in [-0.2, -0.15) is 13.2 Å². The molecule has 0 bridgehead atoms. The van der Waals surface area contributed by atoms with Crippen molar-refractivity contribution in [1.29, 1.82) is 0 Å². The van der Waals surface area contributed by atoms with Crippen LogP contribution in [0.3, 0.4) is 0 Å². The minimum absolute atomic E-state index is 0.0801. The summed E-state index contributed by atoms with van der Waals surface area (Å²) < 4.78 is 46.9. The molecular weight excluding hydrogens is 661 g/mol. The van der Waals surface area contributed by atoms with Gasteiger partial charge in [-0.25, -0.2) is 0 Å². The van der Waals surface area contributed by atoms with Crippen LogP contribution >= 0.6 is 31.9 Å². The van der Waals surface area contributed by atoms with E-state index in [1.165, 1.54) is 0 Å². The SMILES string of the molecule is CCN1C2=C(C(=O)CCC2)C(c2cc(Br)cc(Br)c2Oc2ccc(C(F)(F)F)cc2[N+](=O)[O-])C2=C1CCCC2=O. The van der Waals surface area contributed by atoms with Crippen molar-refractivity contribution >= 4 is 49.1 Å². The summed E-state index contributed by atoms with van der Waals surface area (Å²) in [7, 11) is 0. The number of halogens is 5. The molecule has 0 saturated carbocycles. The fraction of sp³-hybridized carbons (Fsp3) is 0.357. The van der Waals surface area contributed by atoms with Gasteiger partial charge in [-0.1, -0.05) is 15.9 Å². The number of rotatable bonds is 5. The quantitative estimate of drug-likeness (QED) is 0.232. The predicted octanol–water partition coefficient (Wildman–Crippen LogP) is 8.36. The minimum atomic E-state index is -4.78. The van der Waals surface area contributed by atoms with Gasteiger partial charge in [0.15, 0.2) is 11.6 Å². The molecular formula is C28H23Br2F3N2O5. The van der Waals surface area contributed by atoms with Crippen LogP contribution in [0.5, 0.6) is 11.5 Å². The summed E-state index contributed by atoms with van der Waals surface area (Å²) in [6.07, 6.45) is -1.47. The molecule has 7 nitrogen and oxygen atoms in total. The van der Waals surface area contributed by atoms with E-state index >= 15 is 0 Å². The zero-order valence-corrected chi connectivity index (χ0v) is 24.4. The van der Waals surface area contributed by atoms with Gasteiger partial charge in [0.25, 0.3) is 0 Å². The van der Waals surface area contributed by atoms with Crippen molar-refractivity contribution in [2.75, 3.05) is 6.54 Å². The van der Waals surface area contributed by atoms with Crippen molar-refractivity contribution in [2.24, 2.45) is 0 Å². The van der Waals surface area contributed by atoms with Crippen molar-refractivity contribution in [3.63, 3.8) is 0 Å². The first-order valence-electron chi connectivity index (χ1n) is 12.7. The molecule has 0 radical (unpaired) electrons. The number of nitro groups is 1. The molecule has 210 valence electrons. The number of nitro benzene ring substituents is 1. The summed E-state index contributed by atoms with van der Waals surface area (Å²) in [6, 6.07) is 5.38. The van der Waals surface area contributed by atoms with Crippen molar-refractivity contribution in [1.82, 2.24) is 4.90 Å². The van der Waals surface area contributed by atoms with Crippen LogP contribution in [0.2, 0.25) is 0 Å². The van der Waals surface area contributed by atoms with Crippen molar-refractivity contribution < 1.29 is 32.4 Å². The normalized spacial score (nSPS) is 18.2. The lowest BCUT2D eigenvalue weighted by atomic mass is 9.70. The fourth-order valence-corrected chi connectivity index (χ4v) is 7.18. The van der Waals surface area contributed by atoms with Crippen LogP contribution in [-0.4, -0.2) is 27.9 Å². The van der Waals surface area contributed by atoms with E-state index in [0.29, 0.717) is 82.9 Å². The van der Waals surface area contributed by atoms with Crippen molar-refractivity contribution in [3.8, 4) is 11.5 Å². The van der Waals surface area contributed by atoms with Crippen LogP contribution in [0.25, 0.3) is 0 Å². The molecule has 3 aliphatic rings. The first kappa shape index (κ1) is 28.5. The Balaban J connectivity index is 1.74. The second kappa shape index (κ2) is 10.8. The van der Waals surface area contributed by atoms with Gasteiger partial charge in [0.2, 0.25) is 5.75 Å². The van der Waals surface area contributed by atoms with Crippen molar-refractivity contribution in [2.45, 2.75) is 57.5 Å². The molecule has 1 aliphatic heterocycles. The van der Waals surface area contributed by atoms with E-state index < -0.39 is 34.0 Å². The third-order valence-electron chi connectivity index (χ3n) is 7.45. The number of hydrogen-bond donors (Lipinski definition) is 0. The maximum Gasteiger partial charge on any atom is 0.416 e. The van der Waals surface area contributed by atoms with Gasteiger partial charge in [-0.15, -0.1) is 0 Å². The molecule has 0 amide bonds. The number of hydrogen-bond acceptors (Lipinski definition) is 6. The molecule has 0 atom stereocenters. The lowest BCUT2D eigenvalue weighted by Gasteiger charge is -2.43. The van der Waals surface area contributed by atoms with Gasteiger partial charge in [0.1, 0.15) is 5.75 Å². The van der Waals surface area contributed by atoms with Gasteiger partial charge in [0, 0.05) is 63.9 Å². The van der Waals surface area contributed by atoms with Crippen LogP contribution in [0.1, 0.15) is 62.5 Å². The smallest absolute Gasteiger partial charge is 0.416 e. The van der Waals surface area contributed by atoms with E-state index in [0.717, 1.165) is 17.5 Å². The summed E-state index contributed by atoms with van der Waals surface area (Å²) in [4.78, 5) is 39.9. The van der Waals surface area contributed by atoms with Crippen LogP contribution in [-0.2, 0) is 15.8 Å². The fourth-order valence-electron chi connectivity index (χ4n) is 5.84. The third kappa shape index (κ3) is 5.00. The highest BCUT2D eigenvalue weighted by atomic mass is 79.9. The number of carbonyl (C=O) groups excluding carboxylic acids is 2. The highest BCUT2D eigenvalue weighted by Crippen LogP contribution is 2.53. The van der Waals surface area contributed by atoms with E-state index in [4.69, 9.17) is 4.74 Å². The van der Waals surface area contributed by atoms with Crippen LogP contribution < -0.4 is 4.74 Å². The maximum absolute atomic E-state index is 13.5. The average Bonchev–Trinajstić information content (AvgIpc) is 2.88. The Morgan fingerprint density at radius 3 is 2.12 bits per heavy atom. The van der Waals surface area contributed by atoms with Gasteiger partial charge < -0.3 is 9.64 Å². The van der Waals surface area contributed by atoms with E-state index in [2.05, 4.69) is 36.8 Å². The van der Waals surface area contributed by atoms with E-state index in [9.17, 15) is 32.9 Å². The number of allylic oxidation sites excluding steroid dienone is 4. The van der Waals surface area contributed by atoms with Gasteiger partial charge >= 0.3 is 11.9 Å². The summed E-state index contributed by atoms with van der Waals surface area (Å²) in [5, 5.41) is 11.8. The maximum atomic E-state index is 13.5. The average molecular weight is 684 g/mol. The van der Waals surface area contributed by atoms with Crippen LogP contribution in [0.15, 0.2) is 61.8 Å². The molecule has 2 aliphatic carbocycles. The topological polar surface area (TPSA) is 89.8 Å². The second-order valence-corrected chi connectivity index (χ2v) is 11.6. The highest BCUT2D eigenvalue weighted by Gasteiger charge is 2.44. The molecule has 0 fully saturated rings. The molecule has 1 heterocycles. The molecule has 5 rings (SSSR count). The van der Waals surface area contributed by atoms with E-state index in [-0.39, 0.29) is 17.3 Å². The number of Topliss-reactive ketones (excluding diaryl/α,β-unsaturated/α-hetero) is 2. The molecule has 12 heteroatoms. The van der Waals surface area contributed by atoms with Crippen LogP contribution in [0.4, 0.5) is 18.9 Å².